The van der Waals surface area contributed by atoms with Gasteiger partial charge in [-0.3, -0.25) is 10.1 Å². The van der Waals surface area contributed by atoms with E-state index < -0.39 is 4.92 Å². The average molecular weight is 192 g/mol. The zero-order valence-corrected chi connectivity index (χ0v) is 7.54. The molecular formula is C8H8N4O2. The summed E-state index contributed by atoms with van der Waals surface area (Å²) in [6, 6.07) is 4.81. The fraction of sp³-hybridized carbons (Fsp3) is 0.250. The quantitative estimate of drug-likeness (QED) is 0.242. The topological polar surface area (TPSA) is 91.9 Å². The maximum absolute atomic E-state index is 10.6. The maximum atomic E-state index is 10.6. The predicted octanol–water partition coefficient (Wildman–Crippen LogP) is 2.71. The summed E-state index contributed by atoms with van der Waals surface area (Å²) in [6.45, 7) is 1.78. The average Bonchev–Trinajstić information content (AvgIpc) is 2.15. The number of azide groups is 1. The predicted molar refractivity (Wildman–Crippen MR) is 50.7 cm³/mol. The van der Waals surface area contributed by atoms with E-state index in [1.807, 2.05) is 0 Å². The Morgan fingerprint density at radius 2 is 2.36 bits per heavy atom. The first kappa shape index (κ1) is 10.0. The standard InChI is InChI=1S/C8H8N4O2/c1-6-2-3-7(5-10-11-9)8(4-6)12(13)14/h2-4H,5H2,1H3. The van der Waals surface area contributed by atoms with Gasteiger partial charge in [-0.2, -0.15) is 0 Å². The first-order valence-electron chi connectivity index (χ1n) is 3.90. The van der Waals surface area contributed by atoms with Crippen molar-refractivity contribution in [3.8, 4) is 0 Å². The Kier molecular flexibility index (Phi) is 3.04. The molecule has 1 aromatic rings. The summed E-state index contributed by atoms with van der Waals surface area (Å²) in [5.74, 6) is 0. The molecule has 0 aliphatic carbocycles. The highest BCUT2D eigenvalue weighted by Gasteiger charge is 2.12. The minimum absolute atomic E-state index is 0.00241. The molecule has 0 unspecified atom stereocenters. The third-order valence-electron chi connectivity index (χ3n) is 1.74. The van der Waals surface area contributed by atoms with Crippen molar-refractivity contribution in [3.05, 3.63) is 49.9 Å². The molecule has 0 spiro atoms. The first-order chi connectivity index (χ1) is 6.65. The molecule has 72 valence electrons. The molecule has 0 atom stereocenters. The van der Waals surface area contributed by atoms with E-state index in [0.29, 0.717) is 5.56 Å². The Labute approximate surface area is 79.9 Å². The SMILES string of the molecule is Cc1ccc(CN=[N+]=[N-])c([N+](=O)[O-])c1. The first-order valence-corrected chi connectivity index (χ1v) is 3.90. The molecular weight excluding hydrogens is 184 g/mol. The number of aryl methyl sites for hydroxylation is 1. The molecule has 0 bridgehead atoms. The normalized spacial score (nSPS) is 9.21. The highest BCUT2D eigenvalue weighted by Crippen LogP contribution is 2.20. The van der Waals surface area contributed by atoms with Crippen LogP contribution >= 0.6 is 0 Å². The lowest BCUT2D eigenvalue weighted by atomic mass is 10.1. The number of nitrogens with zero attached hydrogens (tertiary/aromatic N) is 4. The van der Waals surface area contributed by atoms with Crippen LogP contribution in [0.2, 0.25) is 0 Å². The number of rotatable bonds is 3. The zero-order chi connectivity index (χ0) is 10.6. The van der Waals surface area contributed by atoms with Crippen molar-refractivity contribution in [2.75, 3.05) is 0 Å². The molecule has 0 aliphatic heterocycles. The highest BCUT2D eigenvalue weighted by atomic mass is 16.6. The van der Waals surface area contributed by atoms with Crippen LogP contribution < -0.4 is 0 Å². The fourth-order valence-corrected chi connectivity index (χ4v) is 1.09. The molecule has 0 heterocycles. The van der Waals surface area contributed by atoms with E-state index in [9.17, 15) is 10.1 Å². The van der Waals surface area contributed by atoms with Gasteiger partial charge in [-0.1, -0.05) is 17.2 Å². The van der Waals surface area contributed by atoms with Gasteiger partial charge in [0.15, 0.2) is 0 Å². The van der Waals surface area contributed by atoms with E-state index in [1.54, 1.807) is 19.1 Å². The molecule has 1 aromatic carbocycles. The van der Waals surface area contributed by atoms with Gasteiger partial charge in [0.1, 0.15) is 0 Å². The van der Waals surface area contributed by atoms with Crippen LogP contribution in [-0.2, 0) is 6.54 Å². The largest absolute Gasteiger partial charge is 0.272 e. The number of nitro groups is 1. The second-order valence-corrected chi connectivity index (χ2v) is 2.78. The highest BCUT2D eigenvalue weighted by molar-refractivity contribution is 5.42. The smallest absolute Gasteiger partial charge is 0.258 e. The zero-order valence-electron chi connectivity index (χ0n) is 7.54. The van der Waals surface area contributed by atoms with Gasteiger partial charge in [0.2, 0.25) is 0 Å². The summed E-state index contributed by atoms with van der Waals surface area (Å²) in [4.78, 5) is 12.7. The van der Waals surface area contributed by atoms with Crippen molar-refractivity contribution in [3.63, 3.8) is 0 Å². The van der Waals surface area contributed by atoms with Crippen LogP contribution in [0.5, 0.6) is 0 Å². The fourth-order valence-electron chi connectivity index (χ4n) is 1.09. The van der Waals surface area contributed by atoms with Gasteiger partial charge in [-0.15, -0.1) is 0 Å². The lowest BCUT2D eigenvalue weighted by molar-refractivity contribution is -0.385. The Hall–Kier alpha value is -2.07. The van der Waals surface area contributed by atoms with E-state index in [0.717, 1.165) is 5.56 Å². The third kappa shape index (κ3) is 2.21. The minimum Gasteiger partial charge on any atom is -0.258 e. The van der Waals surface area contributed by atoms with Crippen LogP contribution in [0.25, 0.3) is 10.4 Å². The summed E-state index contributed by atoms with van der Waals surface area (Å²) in [7, 11) is 0. The summed E-state index contributed by atoms with van der Waals surface area (Å²) >= 11 is 0. The van der Waals surface area contributed by atoms with Gasteiger partial charge in [-0.25, -0.2) is 0 Å². The molecule has 1 rings (SSSR count). The van der Waals surface area contributed by atoms with E-state index >= 15 is 0 Å². The molecule has 14 heavy (non-hydrogen) atoms. The molecule has 0 radical (unpaired) electrons. The van der Waals surface area contributed by atoms with Gasteiger partial charge < -0.3 is 0 Å². The summed E-state index contributed by atoms with van der Waals surface area (Å²) in [6.07, 6.45) is 0. The van der Waals surface area contributed by atoms with Crippen LogP contribution in [0.1, 0.15) is 11.1 Å². The van der Waals surface area contributed by atoms with Gasteiger partial charge in [0.25, 0.3) is 5.69 Å². The molecule has 6 nitrogen and oxygen atoms in total. The summed E-state index contributed by atoms with van der Waals surface area (Å²) in [5, 5.41) is 13.9. The Morgan fingerprint density at radius 1 is 1.64 bits per heavy atom. The van der Waals surface area contributed by atoms with E-state index in [4.69, 9.17) is 5.53 Å². The second-order valence-electron chi connectivity index (χ2n) is 2.78. The molecule has 0 aromatic heterocycles. The van der Waals surface area contributed by atoms with Crippen LogP contribution in [0.3, 0.4) is 0 Å². The van der Waals surface area contributed by atoms with Gasteiger partial charge >= 0.3 is 0 Å². The maximum Gasteiger partial charge on any atom is 0.272 e. The minimum atomic E-state index is -0.477. The van der Waals surface area contributed by atoms with Gasteiger partial charge in [-0.05, 0) is 18.0 Å². The van der Waals surface area contributed by atoms with Crippen LogP contribution in [0, 0.1) is 17.0 Å². The van der Waals surface area contributed by atoms with Crippen LogP contribution in [0.4, 0.5) is 5.69 Å². The molecule has 0 amide bonds. The lowest BCUT2D eigenvalue weighted by Crippen LogP contribution is -1.94. The van der Waals surface area contributed by atoms with Crippen molar-refractivity contribution < 1.29 is 4.92 Å². The van der Waals surface area contributed by atoms with Crippen LogP contribution in [0.15, 0.2) is 23.3 Å². The van der Waals surface area contributed by atoms with E-state index in [2.05, 4.69) is 10.0 Å². The summed E-state index contributed by atoms with van der Waals surface area (Å²) < 4.78 is 0. The molecule has 6 heteroatoms. The number of hydrogen-bond acceptors (Lipinski definition) is 3. The molecule has 0 aliphatic rings. The van der Waals surface area contributed by atoms with Crippen LogP contribution in [-0.4, -0.2) is 4.92 Å². The van der Waals surface area contributed by atoms with Gasteiger partial charge in [0, 0.05) is 16.5 Å². The number of benzene rings is 1. The third-order valence-corrected chi connectivity index (χ3v) is 1.74. The molecule has 0 saturated carbocycles. The van der Waals surface area contributed by atoms with Crippen molar-refractivity contribution >= 4 is 5.69 Å². The molecule has 0 saturated heterocycles. The van der Waals surface area contributed by atoms with E-state index in [-0.39, 0.29) is 12.2 Å². The number of hydrogen-bond donors (Lipinski definition) is 0. The van der Waals surface area contributed by atoms with Gasteiger partial charge in [0.05, 0.1) is 11.5 Å². The Balaban J connectivity index is 3.14. The molecule has 0 N–H and O–H groups in total. The van der Waals surface area contributed by atoms with Crippen molar-refractivity contribution in [1.82, 2.24) is 0 Å². The lowest BCUT2D eigenvalue weighted by Gasteiger charge is -1.99. The van der Waals surface area contributed by atoms with Crippen molar-refractivity contribution in [1.29, 1.82) is 0 Å². The van der Waals surface area contributed by atoms with Crippen molar-refractivity contribution in [2.45, 2.75) is 13.5 Å². The summed E-state index contributed by atoms with van der Waals surface area (Å²) in [5.41, 5.74) is 9.33. The van der Waals surface area contributed by atoms with E-state index in [1.165, 1.54) is 6.07 Å². The Bertz CT molecular complexity index is 410. The Morgan fingerprint density at radius 3 is 2.93 bits per heavy atom. The second kappa shape index (κ2) is 4.25. The molecule has 0 fully saturated rings. The monoisotopic (exact) mass is 192 g/mol. The van der Waals surface area contributed by atoms with Crippen molar-refractivity contribution in [2.24, 2.45) is 5.11 Å². The number of nitro benzene ring substituents is 1.